The average molecular weight is 376 g/mol. The molecule has 4 rings (SSSR count). The summed E-state index contributed by atoms with van der Waals surface area (Å²) in [7, 11) is 0. The summed E-state index contributed by atoms with van der Waals surface area (Å²) in [6.45, 7) is 1.99. The van der Waals surface area contributed by atoms with Crippen LogP contribution in [-0.2, 0) is 9.59 Å². The van der Waals surface area contributed by atoms with Crippen LogP contribution in [0.2, 0.25) is 0 Å². The third-order valence-electron chi connectivity index (χ3n) is 5.47. The molecule has 0 saturated heterocycles. The van der Waals surface area contributed by atoms with Crippen molar-refractivity contribution >= 4 is 23.1 Å². The van der Waals surface area contributed by atoms with E-state index in [9.17, 15) is 19.7 Å². The summed E-state index contributed by atoms with van der Waals surface area (Å²) in [4.78, 5) is 38.1. The molecule has 2 aromatic carbocycles. The van der Waals surface area contributed by atoms with E-state index in [2.05, 4.69) is 0 Å². The van der Waals surface area contributed by atoms with Gasteiger partial charge in [-0.2, -0.15) is 0 Å². The van der Waals surface area contributed by atoms with Gasteiger partial charge in [-0.3, -0.25) is 24.6 Å². The minimum absolute atomic E-state index is 0.00339. The Bertz CT molecular complexity index is 990. The van der Waals surface area contributed by atoms with E-state index in [4.69, 9.17) is 0 Å². The first kappa shape index (κ1) is 18.1. The predicted octanol–water partition coefficient (Wildman–Crippen LogP) is 4.43. The van der Waals surface area contributed by atoms with E-state index >= 15 is 0 Å². The number of non-ortho nitro benzene ring substituents is 1. The third kappa shape index (κ3) is 3.11. The third-order valence-corrected chi connectivity index (χ3v) is 5.47. The molecule has 1 aliphatic heterocycles. The average Bonchev–Trinajstić information content (AvgIpc) is 2.68. The number of anilines is 1. The quantitative estimate of drug-likeness (QED) is 0.586. The topological polar surface area (TPSA) is 80.5 Å². The second kappa shape index (κ2) is 7.03. The largest absolute Gasteiger partial charge is 0.294 e. The minimum Gasteiger partial charge on any atom is -0.294 e. The maximum Gasteiger partial charge on any atom is 0.269 e. The van der Waals surface area contributed by atoms with Crippen LogP contribution in [0.1, 0.15) is 42.7 Å². The van der Waals surface area contributed by atoms with Crippen molar-refractivity contribution in [3.05, 3.63) is 81.0 Å². The Balaban J connectivity index is 1.80. The normalized spacial score (nSPS) is 19.6. The number of nitro benzene ring substituents is 1. The fraction of sp³-hybridized carbons (Fsp3) is 0.273. The lowest BCUT2D eigenvalue weighted by molar-refractivity contribution is -0.384. The van der Waals surface area contributed by atoms with Gasteiger partial charge in [-0.15, -0.1) is 0 Å². The fourth-order valence-corrected chi connectivity index (χ4v) is 4.10. The van der Waals surface area contributed by atoms with Crippen molar-refractivity contribution in [3.63, 3.8) is 0 Å². The summed E-state index contributed by atoms with van der Waals surface area (Å²) in [6.07, 6.45) is 2.04. The second-order valence-corrected chi connectivity index (χ2v) is 7.31. The van der Waals surface area contributed by atoms with Crippen LogP contribution in [-0.4, -0.2) is 16.6 Å². The smallest absolute Gasteiger partial charge is 0.269 e. The monoisotopic (exact) mass is 376 g/mol. The van der Waals surface area contributed by atoms with Gasteiger partial charge in [-0.05, 0) is 37.5 Å². The Morgan fingerprint density at radius 1 is 1.00 bits per heavy atom. The van der Waals surface area contributed by atoms with Gasteiger partial charge in [0.05, 0.1) is 4.92 Å². The van der Waals surface area contributed by atoms with Gasteiger partial charge < -0.3 is 0 Å². The number of aryl methyl sites for hydroxylation is 1. The van der Waals surface area contributed by atoms with Crippen LogP contribution in [0.4, 0.5) is 11.4 Å². The molecule has 0 aromatic heterocycles. The number of rotatable bonds is 3. The van der Waals surface area contributed by atoms with Gasteiger partial charge in [0, 0.05) is 47.8 Å². The molecule has 6 nitrogen and oxygen atoms in total. The van der Waals surface area contributed by atoms with Gasteiger partial charge in [0.1, 0.15) is 0 Å². The highest BCUT2D eigenvalue weighted by molar-refractivity contribution is 6.07. The summed E-state index contributed by atoms with van der Waals surface area (Å²) in [5.41, 5.74) is 4.10. The molecule has 1 atom stereocenters. The lowest BCUT2D eigenvalue weighted by Crippen LogP contribution is -2.40. The van der Waals surface area contributed by atoms with E-state index in [-0.39, 0.29) is 29.7 Å². The van der Waals surface area contributed by atoms with Gasteiger partial charge >= 0.3 is 0 Å². The van der Waals surface area contributed by atoms with Crippen molar-refractivity contribution < 1.29 is 14.5 Å². The van der Waals surface area contributed by atoms with Crippen LogP contribution in [0, 0.1) is 17.0 Å². The van der Waals surface area contributed by atoms with E-state index in [0.717, 1.165) is 28.9 Å². The number of hydrogen-bond acceptors (Lipinski definition) is 4. The molecule has 1 unspecified atom stereocenters. The van der Waals surface area contributed by atoms with Gasteiger partial charge in [0.25, 0.3) is 5.69 Å². The fourth-order valence-electron chi connectivity index (χ4n) is 4.10. The zero-order valence-electron chi connectivity index (χ0n) is 15.6. The maximum absolute atomic E-state index is 13.1. The summed E-state index contributed by atoms with van der Waals surface area (Å²) in [6, 6.07) is 13.9. The first-order valence-corrected chi connectivity index (χ1v) is 9.36. The lowest BCUT2D eigenvalue weighted by atomic mass is 9.77. The van der Waals surface area contributed by atoms with Crippen LogP contribution >= 0.6 is 0 Å². The van der Waals surface area contributed by atoms with Gasteiger partial charge in [0.15, 0.2) is 5.78 Å². The molecule has 1 heterocycles. The molecule has 6 heteroatoms. The first-order chi connectivity index (χ1) is 13.5. The molecule has 28 heavy (non-hydrogen) atoms. The lowest BCUT2D eigenvalue weighted by Gasteiger charge is -2.38. The van der Waals surface area contributed by atoms with Crippen LogP contribution in [0.5, 0.6) is 0 Å². The molecule has 0 radical (unpaired) electrons. The highest BCUT2D eigenvalue weighted by atomic mass is 16.6. The summed E-state index contributed by atoms with van der Waals surface area (Å²) in [5, 5.41) is 10.9. The molecule has 1 amide bonds. The SMILES string of the molecule is Cc1ccc(N2C(=O)CC(c3ccc([N+](=O)[O-])cc3)C3=C2CCCC3=O)cc1. The van der Waals surface area contributed by atoms with Gasteiger partial charge in [-0.25, -0.2) is 0 Å². The van der Waals surface area contributed by atoms with Gasteiger partial charge in [0.2, 0.25) is 5.91 Å². The molecule has 1 aliphatic carbocycles. The van der Waals surface area contributed by atoms with E-state index in [1.54, 1.807) is 17.0 Å². The number of carbonyl (C=O) groups excluding carboxylic acids is 2. The summed E-state index contributed by atoms with van der Waals surface area (Å²) in [5.74, 6) is -0.340. The molecule has 0 spiro atoms. The maximum atomic E-state index is 13.1. The van der Waals surface area contributed by atoms with Crippen molar-refractivity contribution in [1.29, 1.82) is 0 Å². The Kier molecular flexibility index (Phi) is 4.55. The molecular weight excluding hydrogens is 356 g/mol. The summed E-state index contributed by atoms with van der Waals surface area (Å²) >= 11 is 0. The van der Waals surface area contributed by atoms with Crippen molar-refractivity contribution in [2.24, 2.45) is 0 Å². The van der Waals surface area contributed by atoms with E-state index < -0.39 is 4.92 Å². The molecule has 142 valence electrons. The van der Waals surface area contributed by atoms with Crippen molar-refractivity contribution in [2.75, 3.05) is 4.90 Å². The molecule has 0 bridgehead atoms. The molecule has 0 saturated carbocycles. The Morgan fingerprint density at radius 3 is 2.32 bits per heavy atom. The van der Waals surface area contributed by atoms with E-state index in [1.807, 2.05) is 31.2 Å². The number of nitrogens with zero attached hydrogens (tertiary/aromatic N) is 2. The number of ketones is 1. The van der Waals surface area contributed by atoms with E-state index in [0.29, 0.717) is 18.4 Å². The standard InChI is InChI=1S/C22H20N2O4/c1-14-5-9-16(10-6-14)23-19-3-2-4-20(25)22(19)18(13-21(23)26)15-7-11-17(12-8-15)24(27)28/h5-12,18H,2-4,13H2,1H3. The number of nitro groups is 1. The van der Waals surface area contributed by atoms with Crippen molar-refractivity contribution in [3.8, 4) is 0 Å². The van der Waals surface area contributed by atoms with Crippen LogP contribution in [0.15, 0.2) is 59.8 Å². The predicted molar refractivity (Wildman–Crippen MR) is 105 cm³/mol. The van der Waals surface area contributed by atoms with Crippen molar-refractivity contribution in [1.82, 2.24) is 0 Å². The number of hydrogen-bond donors (Lipinski definition) is 0. The second-order valence-electron chi connectivity index (χ2n) is 7.31. The van der Waals surface area contributed by atoms with Crippen LogP contribution in [0.25, 0.3) is 0 Å². The number of allylic oxidation sites excluding steroid dienone is 2. The minimum atomic E-state index is -0.453. The number of Topliss-reactive ketones (excluding diaryl/α,β-unsaturated/α-hetero) is 1. The molecule has 2 aliphatic rings. The highest BCUT2D eigenvalue weighted by Crippen LogP contribution is 2.43. The Hall–Kier alpha value is -3.28. The molecule has 2 aromatic rings. The Labute approximate surface area is 162 Å². The highest BCUT2D eigenvalue weighted by Gasteiger charge is 2.39. The number of benzene rings is 2. The molecular formula is C22H20N2O4. The molecule has 0 fully saturated rings. The van der Waals surface area contributed by atoms with E-state index in [1.165, 1.54) is 12.1 Å². The molecule has 0 N–H and O–H groups in total. The number of amides is 1. The van der Waals surface area contributed by atoms with Crippen LogP contribution < -0.4 is 4.90 Å². The number of carbonyl (C=O) groups is 2. The van der Waals surface area contributed by atoms with Crippen LogP contribution in [0.3, 0.4) is 0 Å². The first-order valence-electron chi connectivity index (χ1n) is 9.36. The van der Waals surface area contributed by atoms with Gasteiger partial charge in [-0.1, -0.05) is 29.8 Å². The van der Waals surface area contributed by atoms with Crippen molar-refractivity contribution in [2.45, 2.75) is 38.5 Å². The summed E-state index contributed by atoms with van der Waals surface area (Å²) < 4.78 is 0. The zero-order valence-corrected chi connectivity index (χ0v) is 15.6. The Morgan fingerprint density at radius 2 is 1.68 bits per heavy atom. The zero-order chi connectivity index (χ0) is 19.8.